The topological polar surface area (TPSA) is 68.2 Å². The fraction of sp³-hybridized carbons (Fsp3) is 0.545. The quantitative estimate of drug-likeness (QED) is 0.842. The Morgan fingerprint density at radius 3 is 2.72 bits per heavy atom. The molecular weight excluding hydrogens is 276 g/mol. The lowest BCUT2D eigenvalue weighted by Gasteiger charge is -2.07. The fourth-order valence-electron chi connectivity index (χ4n) is 1.75. The van der Waals surface area contributed by atoms with Crippen LogP contribution >= 0.6 is 10.7 Å². The van der Waals surface area contributed by atoms with Gasteiger partial charge in [0.25, 0.3) is 15.0 Å². The summed E-state index contributed by atoms with van der Waals surface area (Å²) in [7, 11) is 1.51. The Labute approximate surface area is 111 Å². The molecule has 1 aromatic heterocycles. The molecule has 1 fully saturated rings. The smallest absolute Gasteiger partial charge is 0.267 e. The molecule has 5 nitrogen and oxygen atoms in total. The van der Waals surface area contributed by atoms with Gasteiger partial charge in [-0.2, -0.15) is 0 Å². The third kappa shape index (κ3) is 2.87. The molecule has 2 rings (SSSR count). The number of nitrogens with one attached hydrogen (secondary N) is 1. The number of carbonyl (C=O) groups excluding carboxylic acids is 1. The molecule has 1 saturated carbocycles. The van der Waals surface area contributed by atoms with E-state index in [1.165, 1.54) is 12.3 Å². The van der Waals surface area contributed by atoms with E-state index in [1.54, 1.807) is 4.57 Å². The maximum Gasteiger partial charge on any atom is 0.267 e. The number of halogens is 1. The highest BCUT2D eigenvalue weighted by Gasteiger charge is 2.29. The van der Waals surface area contributed by atoms with E-state index in [9.17, 15) is 13.2 Å². The Kier molecular flexibility index (Phi) is 3.68. The predicted molar refractivity (Wildman–Crippen MR) is 68.4 cm³/mol. The number of nitrogens with zero attached hydrogens (tertiary/aromatic N) is 1. The highest BCUT2D eigenvalue weighted by atomic mass is 35.7. The van der Waals surface area contributed by atoms with Crippen molar-refractivity contribution < 1.29 is 13.2 Å². The summed E-state index contributed by atoms with van der Waals surface area (Å²) in [6.07, 6.45) is 4.20. The molecule has 0 atom stereocenters. The van der Waals surface area contributed by atoms with Gasteiger partial charge in [-0.25, -0.2) is 8.42 Å². The minimum atomic E-state index is -3.79. The largest absolute Gasteiger partial charge is 0.351 e. The summed E-state index contributed by atoms with van der Waals surface area (Å²) in [6.45, 7) is 2.52. The summed E-state index contributed by atoms with van der Waals surface area (Å²) >= 11 is 0. The summed E-state index contributed by atoms with van der Waals surface area (Å²) in [5, 5.41) is 2.74. The van der Waals surface area contributed by atoms with Crippen molar-refractivity contribution in [2.75, 3.05) is 6.54 Å². The summed E-state index contributed by atoms with van der Waals surface area (Å²) in [4.78, 5) is 11.9. The molecule has 1 amide bonds. The molecule has 0 saturated heterocycles. The number of amides is 1. The van der Waals surface area contributed by atoms with Crippen molar-refractivity contribution >= 4 is 25.6 Å². The van der Waals surface area contributed by atoms with Crippen molar-refractivity contribution in [2.45, 2.75) is 37.1 Å². The van der Waals surface area contributed by atoms with Crippen molar-refractivity contribution in [3.63, 3.8) is 0 Å². The van der Waals surface area contributed by atoms with Crippen molar-refractivity contribution in [3.8, 4) is 0 Å². The Hall–Kier alpha value is -1.01. The first kappa shape index (κ1) is 13.4. The van der Waals surface area contributed by atoms with Gasteiger partial charge < -0.3 is 9.88 Å². The first-order valence-corrected chi connectivity index (χ1v) is 8.19. The zero-order valence-corrected chi connectivity index (χ0v) is 11.6. The number of aromatic nitrogens is 1. The molecule has 1 aliphatic carbocycles. The van der Waals surface area contributed by atoms with E-state index in [0.717, 1.165) is 19.3 Å². The van der Waals surface area contributed by atoms with Crippen molar-refractivity contribution in [2.24, 2.45) is 0 Å². The second-order valence-corrected chi connectivity index (χ2v) is 6.96. The highest BCUT2D eigenvalue weighted by molar-refractivity contribution is 8.13. The van der Waals surface area contributed by atoms with Crippen LogP contribution in [0.3, 0.4) is 0 Å². The number of hydrogen-bond acceptors (Lipinski definition) is 3. The van der Waals surface area contributed by atoms with Crippen LogP contribution in [0, 0.1) is 0 Å². The first-order chi connectivity index (χ1) is 8.43. The minimum Gasteiger partial charge on any atom is -0.351 e. The maximum atomic E-state index is 11.9. The lowest BCUT2D eigenvalue weighted by Crippen LogP contribution is -2.26. The molecule has 7 heteroatoms. The van der Waals surface area contributed by atoms with Gasteiger partial charge in [0, 0.05) is 29.5 Å². The molecule has 0 bridgehead atoms. The van der Waals surface area contributed by atoms with Gasteiger partial charge in [-0.15, -0.1) is 0 Å². The van der Waals surface area contributed by atoms with Crippen LogP contribution in [0.1, 0.15) is 42.7 Å². The lowest BCUT2D eigenvalue weighted by atomic mass is 10.3. The van der Waals surface area contributed by atoms with Crippen LogP contribution in [-0.4, -0.2) is 25.4 Å². The summed E-state index contributed by atoms with van der Waals surface area (Å²) < 4.78 is 24.3. The molecule has 0 aromatic carbocycles. The van der Waals surface area contributed by atoms with Gasteiger partial charge in [-0.3, -0.25) is 4.79 Å². The second kappa shape index (κ2) is 4.93. The monoisotopic (exact) mass is 290 g/mol. The van der Waals surface area contributed by atoms with Crippen LogP contribution in [-0.2, 0) is 9.05 Å². The van der Waals surface area contributed by atoms with Crippen molar-refractivity contribution in [3.05, 3.63) is 18.0 Å². The van der Waals surface area contributed by atoms with Crippen LogP contribution in [0.15, 0.2) is 17.2 Å². The number of rotatable bonds is 5. The summed E-state index contributed by atoms with van der Waals surface area (Å²) in [5.41, 5.74) is 0.366. The molecule has 1 aliphatic rings. The van der Waals surface area contributed by atoms with Gasteiger partial charge >= 0.3 is 0 Å². The van der Waals surface area contributed by atoms with Gasteiger partial charge in [0.15, 0.2) is 0 Å². The standard InChI is InChI=1S/C11H15ClN2O3S/c1-2-5-13-11(15)10-6-9(18(12,16)17)7-14(10)8-3-4-8/h6-8H,2-5H2,1H3,(H,13,15). The molecule has 1 heterocycles. The third-order valence-corrected chi connectivity index (χ3v) is 4.13. The minimum absolute atomic E-state index is 0.0160. The Morgan fingerprint density at radius 2 is 2.22 bits per heavy atom. The van der Waals surface area contributed by atoms with Crippen molar-refractivity contribution in [1.29, 1.82) is 0 Å². The van der Waals surface area contributed by atoms with E-state index in [4.69, 9.17) is 10.7 Å². The Bertz CT molecular complexity index is 561. The highest BCUT2D eigenvalue weighted by Crippen LogP contribution is 2.37. The normalized spacial score (nSPS) is 15.7. The second-order valence-electron chi connectivity index (χ2n) is 4.39. The van der Waals surface area contributed by atoms with E-state index in [0.29, 0.717) is 12.2 Å². The van der Waals surface area contributed by atoms with Crippen LogP contribution in [0.25, 0.3) is 0 Å². The molecule has 1 aromatic rings. The average Bonchev–Trinajstić information content (AvgIpc) is 3.03. The van der Waals surface area contributed by atoms with Gasteiger partial charge in [0.2, 0.25) is 0 Å². The number of hydrogen-bond donors (Lipinski definition) is 1. The number of carbonyl (C=O) groups is 1. The molecular formula is C11H15ClN2O3S. The van der Waals surface area contributed by atoms with Gasteiger partial charge in [-0.1, -0.05) is 6.92 Å². The van der Waals surface area contributed by atoms with E-state index in [2.05, 4.69) is 5.32 Å². The molecule has 100 valence electrons. The van der Waals surface area contributed by atoms with E-state index in [1.807, 2.05) is 6.92 Å². The molecule has 18 heavy (non-hydrogen) atoms. The van der Waals surface area contributed by atoms with Crippen LogP contribution in [0.5, 0.6) is 0 Å². The average molecular weight is 291 g/mol. The zero-order chi connectivity index (χ0) is 13.3. The van der Waals surface area contributed by atoms with E-state index >= 15 is 0 Å². The van der Waals surface area contributed by atoms with Crippen molar-refractivity contribution in [1.82, 2.24) is 9.88 Å². The SMILES string of the molecule is CCCNC(=O)c1cc(S(=O)(=O)Cl)cn1C1CC1. The van der Waals surface area contributed by atoms with Gasteiger partial charge in [0.1, 0.15) is 10.6 Å². The molecule has 0 radical (unpaired) electrons. The summed E-state index contributed by atoms with van der Waals surface area (Å²) in [6, 6.07) is 1.56. The van der Waals surface area contributed by atoms with E-state index < -0.39 is 9.05 Å². The Balaban J connectivity index is 2.33. The molecule has 1 N–H and O–H groups in total. The van der Waals surface area contributed by atoms with Crippen LogP contribution < -0.4 is 5.32 Å². The van der Waals surface area contributed by atoms with Gasteiger partial charge in [-0.05, 0) is 25.3 Å². The fourth-order valence-corrected chi connectivity index (χ4v) is 2.50. The summed E-state index contributed by atoms with van der Waals surface area (Å²) in [5.74, 6) is -0.254. The molecule has 0 aliphatic heterocycles. The lowest BCUT2D eigenvalue weighted by molar-refractivity contribution is 0.0944. The Morgan fingerprint density at radius 1 is 1.56 bits per heavy atom. The zero-order valence-electron chi connectivity index (χ0n) is 10.0. The van der Waals surface area contributed by atoms with Crippen LogP contribution in [0.2, 0.25) is 0 Å². The maximum absolute atomic E-state index is 11.9. The molecule has 0 spiro atoms. The van der Waals surface area contributed by atoms with Gasteiger partial charge in [0.05, 0.1) is 0 Å². The molecule has 0 unspecified atom stereocenters. The van der Waals surface area contributed by atoms with E-state index in [-0.39, 0.29) is 16.8 Å². The first-order valence-electron chi connectivity index (χ1n) is 5.88. The van der Waals surface area contributed by atoms with Crippen LogP contribution in [0.4, 0.5) is 0 Å². The third-order valence-electron chi connectivity index (χ3n) is 2.81. The predicted octanol–water partition coefficient (Wildman–Crippen LogP) is 1.89.